The smallest absolute Gasteiger partial charge is 0.132 e. The monoisotopic (exact) mass is 193 g/mol. The van der Waals surface area contributed by atoms with Crippen LogP contribution in [-0.2, 0) is 0 Å². The molecule has 0 aliphatic carbocycles. The molecular formula is C11H19N3. The van der Waals surface area contributed by atoms with Gasteiger partial charge in [-0.2, -0.15) is 0 Å². The number of anilines is 1. The van der Waals surface area contributed by atoms with Crippen LogP contribution in [0.4, 0.5) is 5.82 Å². The molecule has 78 valence electrons. The Labute approximate surface area is 86.0 Å². The average Bonchev–Trinajstić information content (AvgIpc) is 2.18. The van der Waals surface area contributed by atoms with E-state index in [2.05, 4.69) is 22.2 Å². The summed E-state index contributed by atoms with van der Waals surface area (Å²) in [5.41, 5.74) is 1.12. The first-order chi connectivity index (χ1) is 6.74. The van der Waals surface area contributed by atoms with E-state index >= 15 is 0 Å². The maximum Gasteiger partial charge on any atom is 0.132 e. The Morgan fingerprint density at radius 3 is 2.79 bits per heavy atom. The van der Waals surface area contributed by atoms with Crippen molar-refractivity contribution in [3.05, 3.63) is 17.6 Å². The molecule has 0 radical (unpaired) electrons. The maximum atomic E-state index is 4.35. The first kappa shape index (κ1) is 11.0. The predicted molar refractivity (Wildman–Crippen MR) is 59.5 cm³/mol. The molecular weight excluding hydrogens is 174 g/mol. The molecule has 0 saturated carbocycles. The number of hydrogen-bond donors (Lipinski definition) is 1. The molecule has 1 rings (SSSR count). The summed E-state index contributed by atoms with van der Waals surface area (Å²) in [5, 5.41) is 3.34. The maximum absolute atomic E-state index is 4.35. The van der Waals surface area contributed by atoms with Crippen molar-refractivity contribution in [2.75, 3.05) is 11.9 Å². The van der Waals surface area contributed by atoms with Gasteiger partial charge in [-0.15, -0.1) is 0 Å². The number of rotatable bonds is 5. The van der Waals surface area contributed by atoms with Crippen molar-refractivity contribution in [3.8, 4) is 0 Å². The normalized spacial score (nSPS) is 10.2. The zero-order valence-corrected chi connectivity index (χ0v) is 9.30. The summed E-state index contributed by atoms with van der Waals surface area (Å²) in [6.07, 6.45) is 5.60. The Balaban J connectivity index is 2.45. The predicted octanol–water partition coefficient (Wildman–Crippen LogP) is 2.70. The van der Waals surface area contributed by atoms with E-state index in [0.717, 1.165) is 23.8 Å². The Morgan fingerprint density at radius 2 is 2.07 bits per heavy atom. The van der Waals surface area contributed by atoms with Crippen molar-refractivity contribution in [2.45, 2.75) is 40.0 Å². The Bertz CT molecular complexity index is 284. The molecule has 0 saturated heterocycles. The third-order valence-corrected chi connectivity index (χ3v) is 2.16. The van der Waals surface area contributed by atoms with Gasteiger partial charge in [0.15, 0.2) is 0 Å². The number of aromatic nitrogens is 2. The molecule has 0 atom stereocenters. The topological polar surface area (TPSA) is 37.8 Å². The molecule has 0 aliphatic heterocycles. The number of aryl methyl sites for hydroxylation is 2. The van der Waals surface area contributed by atoms with Crippen molar-refractivity contribution in [3.63, 3.8) is 0 Å². The van der Waals surface area contributed by atoms with Crippen molar-refractivity contribution >= 4 is 5.82 Å². The van der Waals surface area contributed by atoms with E-state index in [1.807, 2.05) is 20.0 Å². The standard InChI is InChI=1S/C11H19N3/c1-4-5-6-7-12-11-9(2)8-13-10(3)14-11/h8H,4-7H2,1-3H3,(H,12,13,14). The molecule has 0 bridgehead atoms. The highest BCUT2D eigenvalue weighted by Gasteiger charge is 1.99. The van der Waals surface area contributed by atoms with Crippen LogP contribution in [0.1, 0.15) is 37.6 Å². The molecule has 0 amide bonds. The molecule has 1 N–H and O–H groups in total. The Hall–Kier alpha value is -1.12. The zero-order chi connectivity index (χ0) is 10.4. The van der Waals surface area contributed by atoms with Gasteiger partial charge in [-0.25, -0.2) is 9.97 Å². The highest BCUT2D eigenvalue weighted by atomic mass is 15.0. The Kier molecular flexibility index (Phi) is 4.36. The summed E-state index contributed by atoms with van der Waals surface area (Å²) in [5.74, 6) is 1.81. The van der Waals surface area contributed by atoms with Gasteiger partial charge in [0.05, 0.1) is 0 Å². The third-order valence-electron chi connectivity index (χ3n) is 2.16. The molecule has 0 aliphatic rings. The summed E-state index contributed by atoms with van der Waals surface area (Å²) >= 11 is 0. The van der Waals surface area contributed by atoms with Gasteiger partial charge in [-0.05, 0) is 20.3 Å². The Morgan fingerprint density at radius 1 is 1.29 bits per heavy atom. The van der Waals surface area contributed by atoms with Crippen LogP contribution in [0.2, 0.25) is 0 Å². The van der Waals surface area contributed by atoms with E-state index in [0.29, 0.717) is 0 Å². The molecule has 0 fully saturated rings. The fourth-order valence-corrected chi connectivity index (χ4v) is 1.29. The van der Waals surface area contributed by atoms with Gasteiger partial charge in [0.2, 0.25) is 0 Å². The zero-order valence-electron chi connectivity index (χ0n) is 9.30. The molecule has 14 heavy (non-hydrogen) atoms. The lowest BCUT2D eigenvalue weighted by molar-refractivity contribution is 0.741. The molecule has 0 spiro atoms. The summed E-state index contributed by atoms with van der Waals surface area (Å²) in [4.78, 5) is 8.48. The third kappa shape index (κ3) is 3.32. The second kappa shape index (κ2) is 5.58. The molecule has 0 aromatic carbocycles. The summed E-state index contributed by atoms with van der Waals surface area (Å²) in [7, 11) is 0. The second-order valence-corrected chi connectivity index (χ2v) is 3.58. The minimum Gasteiger partial charge on any atom is -0.370 e. The lowest BCUT2D eigenvalue weighted by atomic mass is 10.2. The fourth-order valence-electron chi connectivity index (χ4n) is 1.29. The van der Waals surface area contributed by atoms with Crippen LogP contribution in [-0.4, -0.2) is 16.5 Å². The van der Waals surface area contributed by atoms with Crippen LogP contribution in [0.25, 0.3) is 0 Å². The quantitative estimate of drug-likeness (QED) is 0.731. The lowest BCUT2D eigenvalue weighted by Crippen LogP contribution is -2.06. The van der Waals surface area contributed by atoms with Gasteiger partial charge >= 0.3 is 0 Å². The number of nitrogens with one attached hydrogen (secondary N) is 1. The minimum absolute atomic E-state index is 0.827. The fraction of sp³-hybridized carbons (Fsp3) is 0.636. The molecule has 3 nitrogen and oxygen atoms in total. The molecule has 3 heteroatoms. The first-order valence-electron chi connectivity index (χ1n) is 5.28. The van der Waals surface area contributed by atoms with Crippen LogP contribution in [0.3, 0.4) is 0 Å². The van der Waals surface area contributed by atoms with Gasteiger partial charge < -0.3 is 5.32 Å². The second-order valence-electron chi connectivity index (χ2n) is 3.58. The summed E-state index contributed by atoms with van der Waals surface area (Å²) in [6.45, 7) is 7.16. The van der Waals surface area contributed by atoms with Gasteiger partial charge in [0.1, 0.15) is 11.6 Å². The van der Waals surface area contributed by atoms with E-state index in [1.54, 1.807) is 0 Å². The number of unbranched alkanes of at least 4 members (excludes halogenated alkanes) is 2. The van der Waals surface area contributed by atoms with Gasteiger partial charge in [-0.1, -0.05) is 19.8 Å². The van der Waals surface area contributed by atoms with Gasteiger partial charge in [0.25, 0.3) is 0 Å². The largest absolute Gasteiger partial charge is 0.370 e. The van der Waals surface area contributed by atoms with Gasteiger partial charge in [-0.3, -0.25) is 0 Å². The van der Waals surface area contributed by atoms with Crippen LogP contribution in [0.15, 0.2) is 6.20 Å². The molecule has 1 aromatic rings. The van der Waals surface area contributed by atoms with Gasteiger partial charge in [0, 0.05) is 18.3 Å². The summed E-state index contributed by atoms with van der Waals surface area (Å²) in [6, 6.07) is 0. The van der Waals surface area contributed by atoms with Crippen molar-refractivity contribution < 1.29 is 0 Å². The molecule has 1 aromatic heterocycles. The number of nitrogens with zero attached hydrogens (tertiary/aromatic N) is 2. The van der Waals surface area contributed by atoms with E-state index in [1.165, 1.54) is 19.3 Å². The highest BCUT2D eigenvalue weighted by Crippen LogP contribution is 2.09. The van der Waals surface area contributed by atoms with E-state index < -0.39 is 0 Å². The van der Waals surface area contributed by atoms with Crippen molar-refractivity contribution in [1.29, 1.82) is 0 Å². The van der Waals surface area contributed by atoms with E-state index in [9.17, 15) is 0 Å². The minimum atomic E-state index is 0.827. The molecule has 1 heterocycles. The van der Waals surface area contributed by atoms with Crippen LogP contribution >= 0.6 is 0 Å². The average molecular weight is 193 g/mol. The lowest BCUT2D eigenvalue weighted by Gasteiger charge is -2.07. The summed E-state index contributed by atoms with van der Waals surface area (Å²) < 4.78 is 0. The van der Waals surface area contributed by atoms with Crippen molar-refractivity contribution in [2.24, 2.45) is 0 Å². The van der Waals surface area contributed by atoms with Crippen LogP contribution < -0.4 is 5.32 Å². The molecule has 0 unspecified atom stereocenters. The number of hydrogen-bond acceptors (Lipinski definition) is 3. The van der Waals surface area contributed by atoms with Crippen LogP contribution in [0.5, 0.6) is 0 Å². The highest BCUT2D eigenvalue weighted by molar-refractivity contribution is 5.41. The van der Waals surface area contributed by atoms with E-state index in [-0.39, 0.29) is 0 Å². The van der Waals surface area contributed by atoms with Crippen LogP contribution in [0, 0.1) is 13.8 Å². The van der Waals surface area contributed by atoms with Crippen molar-refractivity contribution in [1.82, 2.24) is 9.97 Å². The van der Waals surface area contributed by atoms with E-state index in [4.69, 9.17) is 0 Å². The SMILES string of the molecule is CCCCCNc1nc(C)ncc1C. The first-order valence-corrected chi connectivity index (χ1v) is 5.28.